The molecule has 2 aromatic rings. The lowest BCUT2D eigenvalue weighted by Crippen LogP contribution is -2.35. The molecule has 122 valence electrons. The molecule has 24 heavy (non-hydrogen) atoms. The van der Waals surface area contributed by atoms with E-state index in [-0.39, 0.29) is 23.4 Å². The fraction of sp³-hybridized carbons (Fsp3) is 0.368. The zero-order valence-electron chi connectivity index (χ0n) is 13.3. The lowest BCUT2D eigenvalue weighted by molar-refractivity contribution is -0.136. The van der Waals surface area contributed by atoms with Crippen LogP contribution in [0.3, 0.4) is 0 Å². The molecule has 4 nitrogen and oxygen atoms in total. The largest absolute Gasteiger partial charge is 0.298 e. The number of hydrogen-bond donors (Lipinski definition) is 0. The SMILES string of the molecule is Cc1cnc(-c2ccc(Cl)cc2)nc1C1C(=O)[C@@H]2CC[C@@H](C2)C1=O. The highest BCUT2D eigenvalue weighted by Gasteiger charge is 2.48. The van der Waals surface area contributed by atoms with E-state index < -0.39 is 5.92 Å². The van der Waals surface area contributed by atoms with Crippen LogP contribution in [0, 0.1) is 18.8 Å². The number of aromatic nitrogens is 2. The Kier molecular flexibility index (Phi) is 3.72. The lowest BCUT2D eigenvalue weighted by atomic mass is 9.76. The second kappa shape index (κ2) is 5.78. The van der Waals surface area contributed by atoms with Gasteiger partial charge in [0.15, 0.2) is 17.4 Å². The first kappa shape index (κ1) is 15.5. The number of ketones is 2. The first-order valence-corrected chi connectivity index (χ1v) is 8.59. The van der Waals surface area contributed by atoms with Crippen LogP contribution in [-0.4, -0.2) is 21.5 Å². The second-order valence-corrected chi connectivity index (χ2v) is 7.15. The molecule has 3 atom stereocenters. The number of hydrogen-bond acceptors (Lipinski definition) is 4. The molecule has 0 aliphatic heterocycles. The summed E-state index contributed by atoms with van der Waals surface area (Å²) < 4.78 is 0. The molecule has 2 aliphatic carbocycles. The second-order valence-electron chi connectivity index (χ2n) is 6.71. The van der Waals surface area contributed by atoms with Crippen molar-refractivity contribution in [3.63, 3.8) is 0 Å². The van der Waals surface area contributed by atoms with Crippen LogP contribution in [0.2, 0.25) is 5.02 Å². The predicted octanol–water partition coefficient (Wildman–Crippen LogP) is 3.76. The van der Waals surface area contributed by atoms with Crippen molar-refractivity contribution < 1.29 is 9.59 Å². The van der Waals surface area contributed by atoms with Gasteiger partial charge in [-0.05, 0) is 56.0 Å². The molecule has 2 saturated carbocycles. The Bertz CT molecular complexity index is 810. The Morgan fingerprint density at radius 2 is 1.67 bits per heavy atom. The molecule has 0 saturated heterocycles. The van der Waals surface area contributed by atoms with E-state index in [0.717, 1.165) is 30.4 Å². The molecule has 0 spiro atoms. The van der Waals surface area contributed by atoms with E-state index in [1.165, 1.54) is 0 Å². The molecule has 1 unspecified atom stereocenters. The van der Waals surface area contributed by atoms with E-state index >= 15 is 0 Å². The first-order valence-electron chi connectivity index (χ1n) is 8.21. The fourth-order valence-electron chi connectivity index (χ4n) is 3.86. The van der Waals surface area contributed by atoms with E-state index in [2.05, 4.69) is 9.97 Å². The van der Waals surface area contributed by atoms with Crippen molar-refractivity contribution in [1.29, 1.82) is 0 Å². The van der Waals surface area contributed by atoms with Gasteiger partial charge in [0.25, 0.3) is 0 Å². The van der Waals surface area contributed by atoms with Crippen LogP contribution in [0.15, 0.2) is 30.5 Å². The number of nitrogens with zero attached hydrogens (tertiary/aromatic N) is 2. The summed E-state index contributed by atoms with van der Waals surface area (Å²) in [6.45, 7) is 1.86. The zero-order chi connectivity index (χ0) is 16.8. The van der Waals surface area contributed by atoms with Gasteiger partial charge in [0.2, 0.25) is 0 Å². The fourth-order valence-corrected chi connectivity index (χ4v) is 3.99. The molecular weight excluding hydrogens is 324 g/mol. The maximum absolute atomic E-state index is 12.7. The Hall–Kier alpha value is -2.07. The first-order chi connectivity index (χ1) is 11.5. The highest BCUT2D eigenvalue weighted by Crippen LogP contribution is 2.44. The van der Waals surface area contributed by atoms with Gasteiger partial charge in [-0.15, -0.1) is 0 Å². The lowest BCUT2D eigenvalue weighted by Gasteiger charge is -2.25. The van der Waals surface area contributed by atoms with Crippen molar-refractivity contribution in [2.75, 3.05) is 0 Å². The minimum absolute atomic E-state index is 0.0195. The molecule has 1 heterocycles. The van der Waals surface area contributed by atoms with Crippen LogP contribution in [0.25, 0.3) is 11.4 Å². The van der Waals surface area contributed by atoms with Gasteiger partial charge < -0.3 is 0 Å². The number of Topliss-reactive ketones (excluding diaryl/α,β-unsaturated/α-hetero) is 2. The number of halogens is 1. The third-order valence-corrected chi connectivity index (χ3v) is 5.45. The smallest absolute Gasteiger partial charge is 0.159 e. The van der Waals surface area contributed by atoms with Crippen LogP contribution in [0.5, 0.6) is 0 Å². The zero-order valence-corrected chi connectivity index (χ0v) is 14.1. The Labute approximate surface area is 145 Å². The average molecular weight is 341 g/mol. The molecule has 0 amide bonds. The quantitative estimate of drug-likeness (QED) is 0.781. The maximum Gasteiger partial charge on any atom is 0.159 e. The van der Waals surface area contributed by atoms with Crippen LogP contribution >= 0.6 is 11.6 Å². The van der Waals surface area contributed by atoms with Crippen molar-refractivity contribution in [2.45, 2.75) is 32.1 Å². The topological polar surface area (TPSA) is 59.9 Å². The van der Waals surface area contributed by atoms with Gasteiger partial charge in [-0.1, -0.05) is 11.6 Å². The molecule has 2 aliphatic rings. The highest BCUT2D eigenvalue weighted by atomic mass is 35.5. The van der Waals surface area contributed by atoms with Gasteiger partial charge >= 0.3 is 0 Å². The number of benzene rings is 1. The van der Waals surface area contributed by atoms with E-state index in [1.807, 2.05) is 19.1 Å². The predicted molar refractivity (Wildman–Crippen MR) is 90.8 cm³/mol. The molecule has 2 bridgehead atoms. The monoisotopic (exact) mass is 340 g/mol. The summed E-state index contributed by atoms with van der Waals surface area (Å²) in [7, 11) is 0. The Balaban J connectivity index is 1.78. The van der Waals surface area contributed by atoms with Crippen LogP contribution < -0.4 is 0 Å². The summed E-state index contributed by atoms with van der Waals surface area (Å²) in [6.07, 6.45) is 4.09. The molecule has 4 rings (SSSR count). The van der Waals surface area contributed by atoms with Crippen molar-refractivity contribution >= 4 is 23.2 Å². The number of carbonyl (C=O) groups is 2. The number of rotatable bonds is 2. The molecule has 1 aromatic carbocycles. The van der Waals surface area contributed by atoms with Crippen LogP contribution in [0.1, 0.15) is 36.4 Å². The third kappa shape index (κ3) is 2.46. The van der Waals surface area contributed by atoms with E-state index in [1.54, 1.807) is 18.3 Å². The number of carbonyl (C=O) groups excluding carboxylic acids is 2. The minimum atomic E-state index is -0.717. The molecule has 2 fully saturated rings. The van der Waals surface area contributed by atoms with Gasteiger partial charge in [-0.2, -0.15) is 0 Å². The van der Waals surface area contributed by atoms with E-state index in [0.29, 0.717) is 16.5 Å². The van der Waals surface area contributed by atoms with E-state index in [9.17, 15) is 9.59 Å². The van der Waals surface area contributed by atoms with Gasteiger partial charge in [-0.25, -0.2) is 9.97 Å². The molecule has 0 N–H and O–H groups in total. The van der Waals surface area contributed by atoms with Crippen molar-refractivity contribution in [2.24, 2.45) is 11.8 Å². The van der Waals surface area contributed by atoms with Gasteiger partial charge in [-0.3, -0.25) is 9.59 Å². The van der Waals surface area contributed by atoms with Crippen molar-refractivity contribution in [3.8, 4) is 11.4 Å². The summed E-state index contributed by atoms with van der Waals surface area (Å²) in [5.41, 5.74) is 2.18. The summed E-state index contributed by atoms with van der Waals surface area (Å²) in [5, 5.41) is 0.639. The summed E-state index contributed by atoms with van der Waals surface area (Å²) in [4.78, 5) is 34.4. The number of aryl methyl sites for hydroxylation is 1. The molecule has 1 aromatic heterocycles. The highest BCUT2D eigenvalue weighted by molar-refractivity contribution is 6.30. The Morgan fingerprint density at radius 3 is 2.29 bits per heavy atom. The normalized spacial score (nSPS) is 26.0. The van der Waals surface area contributed by atoms with Gasteiger partial charge in [0, 0.05) is 28.6 Å². The van der Waals surface area contributed by atoms with Gasteiger partial charge in [0.05, 0.1) is 5.69 Å². The average Bonchev–Trinajstić information content (AvgIpc) is 3.03. The molecule has 0 radical (unpaired) electrons. The van der Waals surface area contributed by atoms with Gasteiger partial charge in [0.1, 0.15) is 5.92 Å². The van der Waals surface area contributed by atoms with Crippen molar-refractivity contribution in [3.05, 3.63) is 46.7 Å². The summed E-state index contributed by atoms with van der Waals surface area (Å²) >= 11 is 5.92. The third-order valence-electron chi connectivity index (χ3n) is 5.19. The maximum atomic E-state index is 12.7. The Morgan fingerprint density at radius 1 is 1.04 bits per heavy atom. The van der Waals surface area contributed by atoms with Crippen LogP contribution in [-0.2, 0) is 9.59 Å². The summed E-state index contributed by atoms with van der Waals surface area (Å²) in [6, 6.07) is 7.23. The summed E-state index contributed by atoms with van der Waals surface area (Å²) in [5.74, 6) is -0.0802. The standard InChI is InChI=1S/C19H17ClN2O2/c1-10-9-21-19(11-4-6-14(20)7-5-11)22-16(10)15-17(23)12-2-3-13(8-12)18(15)24/h4-7,9,12-13,15H,2-3,8H2,1H3/t12-,13+,15?. The van der Waals surface area contributed by atoms with Crippen molar-refractivity contribution in [1.82, 2.24) is 9.97 Å². The molecular formula is C19H17ClN2O2. The molecule has 5 heteroatoms. The number of fused-ring (bicyclic) bond motifs is 2. The minimum Gasteiger partial charge on any atom is -0.298 e. The van der Waals surface area contributed by atoms with E-state index in [4.69, 9.17) is 11.6 Å². The van der Waals surface area contributed by atoms with Crippen LogP contribution in [0.4, 0.5) is 0 Å².